The Kier molecular flexibility index (Phi) is 2.83. The number of rotatable bonds is 4. The molecule has 1 fully saturated rings. The Labute approximate surface area is 95.3 Å². The number of aromatic nitrogens is 2. The monoisotopic (exact) mass is 225 g/mol. The van der Waals surface area contributed by atoms with E-state index >= 15 is 0 Å². The van der Waals surface area contributed by atoms with Crippen LogP contribution in [-0.4, -0.2) is 22.4 Å². The minimum atomic E-state index is 0.319. The van der Waals surface area contributed by atoms with Crippen LogP contribution < -0.4 is 5.32 Å². The van der Waals surface area contributed by atoms with Crippen molar-refractivity contribution in [2.45, 2.75) is 26.7 Å². The summed E-state index contributed by atoms with van der Waals surface area (Å²) in [7, 11) is 0. The minimum Gasteiger partial charge on any atom is -0.368 e. The molecule has 0 spiro atoms. The van der Waals surface area contributed by atoms with E-state index in [1.54, 1.807) is 6.20 Å². The lowest BCUT2D eigenvalue weighted by atomic mass is 10.1. The first-order valence-corrected chi connectivity index (χ1v) is 5.79. The van der Waals surface area contributed by atoms with Gasteiger partial charge in [0.2, 0.25) is 0 Å². The summed E-state index contributed by atoms with van der Waals surface area (Å²) < 4.78 is 0. The standard InChI is InChI=1S/C11H16ClN3/c1-8-5-13-9(2)10(15-8)14-7-11(6-12)3-4-11/h5H,3-4,6-7H2,1-2H3,(H,14,15). The van der Waals surface area contributed by atoms with Gasteiger partial charge in [-0.05, 0) is 26.7 Å². The lowest BCUT2D eigenvalue weighted by Crippen LogP contribution is -2.18. The number of anilines is 1. The average molecular weight is 226 g/mol. The first kappa shape index (κ1) is 10.7. The third-order valence-electron chi connectivity index (χ3n) is 2.95. The lowest BCUT2D eigenvalue weighted by molar-refractivity contribution is 0.616. The Morgan fingerprint density at radius 3 is 2.80 bits per heavy atom. The van der Waals surface area contributed by atoms with Crippen LogP contribution in [0.3, 0.4) is 0 Å². The highest BCUT2D eigenvalue weighted by Crippen LogP contribution is 2.46. The molecule has 4 heteroatoms. The summed E-state index contributed by atoms with van der Waals surface area (Å²) in [5.41, 5.74) is 2.21. The van der Waals surface area contributed by atoms with Crippen LogP contribution >= 0.6 is 11.6 Å². The molecule has 1 heterocycles. The molecular weight excluding hydrogens is 210 g/mol. The quantitative estimate of drug-likeness (QED) is 0.801. The Hall–Kier alpha value is -0.830. The molecule has 1 aromatic heterocycles. The maximum atomic E-state index is 5.92. The van der Waals surface area contributed by atoms with Crippen molar-refractivity contribution in [3.63, 3.8) is 0 Å². The predicted molar refractivity (Wildman–Crippen MR) is 62.4 cm³/mol. The van der Waals surface area contributed by atoms with Gasteiger partial charge in [-0.2, -0.15) is 0 Å². The third-order valence-corrected chi connectivity index (χ3v) is 3.51. The molecule has 2 rings (SSSR count). The fourth-order valence-corrected chi connectivity index (χ4v) is 1.87. The maximum absolute atomic E-state index is 5.92. The number of nitrogens with zero attached hydrogens (tertiary/aromatic N) is 2. The van der Waals surface area contributed by atoms with E-state index in [0.717, 1.165) is 29.6 Å². The van der Waals surface area contributed by atoms with Crippen molar-refractivity contribution < 1.29 is 0 Å². The summed E-state index contributed by atoms with van der Waals surface area (Å²) in [6, 6.07) is 0. The largest absolute Gasteiger partial charge is 0.368 e. The molecule has 0 bridgehead atoms. The van der Waals surface area contributed by atoms with E-state index in [1.165, 1.54) is 12.8 Å². The van der Waals surface area contributed by atoms with Gasteiger partial charge in [-0.3, -0.25) is 4.98 Å². The molecule has 15 heavy (non-hydrogen) atoms. The number of aryl methyl sites for hydroxylation is 2. The van der Waals surface area contributed by atoms with E-state index < -0.39 is 0 Å². The first-order valence-electron chi connectivity index (χ1n) is 5.25. The van der Waals surface area contributed by atoms with Crippen molar-refractivity contribution in [2.24, 2.45) is 5.41 Å². The van der Waals surface area contributed by atoms with Crippen LogP contribution in [0.4, 0.5) is 5.82 Å². The summed E-state index contributed by atoms with van der Waals surface area (Å²) in [6.07, 6.45) is 4.23. The van der Waals surface area contributed by atoms with E-state index in [2.05, 4.69) is 15.3 Å². The van der Waals surface area contributed by atoms with Crippen molar-refractivity contribution in [3.05, 3.63) is 17.6 Å². The summed E-state index contributed by atoms with van der Waals surface area (Å²) in [6.45, 7) is 4.83. The van der Waals surface area contributed by atoms with Crippen LogP contribution in [0.25, 0.3) is 0 Å². The molecule has 0 saturated heterocycles. The molecule has 1 aliphatic rings. The first-order chi connectivity index (χ1) is 7.15. The van der Waals surface area contributed by atoms with Crippen LogP contribution in [0.5, 0.6) is 0 Å². The summed E-state index contributed by atoms with van der Waals surface area (Å²) in [5.74, 6) is 1.63. The molecule has 0 unspecified atom stereocenters. The molecule has 1 aromatic rings. The fourth-order valence-electron chi connectivity index (χ4n) is 1.51. The van der Waals surface area contributed by atoms with Gasteiger partial charge in [-0.25, -0.2) is 4.98 Å². The summed E-state index contributed by atoms with van der Waals surface area (Å²) in [4.78, 5) is 8.69. The third kappa shape index (κ3) is 2.40. The Balaban J connectivity index is 2.01. The van der Waals surface area contributed by atoms with Crippen LogP contribution in [0.15, 0.2) is 6.20 Å². The highest BCUT2D eigenvalue weighted by atomic mass is 35.5. The van der Waals surface area contributed by atoms with Crippen LogP contribution in [-0.2, 0) is 0 Å². The smallest absolute Gasteiger partial charge is 0.147 e. The van der Waals surface area contributed by atoms with Crippen molar-refractivity contribution in [3.8, 4) is 0 Å². The van der Waals surface area contributed by atoms with Crippen molar-refractivity contribution >= 4 is 17.4 Å². The maximum Gasteiger partial charge on any atom is 0.147 e. The highest BCUT2D eigenvalue weighted by molar-refractivity contribution is 6.18. The minimum absolute atomic E-state index is 0.319. The average Bonchev–Trinajstić information content (AvgIpc) is 3.00. The zero-order valence-corrected chi connectivity index (χ0v) is 9.93. The van der Waals surface area contributed by atoms with E-state index in [4.69, 9.17) is 11.6 Å². The molecule has 1 N–H and O–H groups in total. The summed E-state index contributed by atoms with van der Waals surface area (Å²) >= 11 is 5.92. The number of alkyl halides is 1. The van der Waals surface area contributed by atoms with Gasteiger partial charge in [0, 0.05) is 24.0 Å². The Morgan fingerprint density at radius 2 is 2.20 bits per heavy atom. The van der Waals surface area contributed by atoms with E-state index in [1.807, 2.05) is 13.8 Å². The molecular formula is C11H16ClN3. The number of nitrogens with one attached hydrogen (secondary N) is 1. The number of halogens is 1. The second-order valence-corrected chi connectivity index (χ2v) is 4.70. The van der Waals surface area contributed by atoms with E-state index in [0.29, 0.717) is 5.41 Å². The van der Waals surface area contributed by atoms with Gasteiger partial charge in [0.25, 0.3) is 0 Å². The Bertz CT molecular complexity index is 361. The molecule has 3 nitrogen and oxygen atoms in total. The van der Waals surface area contributed by atoms with Crippen molar-refractivity contribution in [1.29, 1.82) is 0 Å². The number of hydrogen-bond donors (Lipinski definition) is 1. The fraction of sp³-hybridized carbons (Fsp3) is 0.636. The Morgan fingerprint density at radius 1 is 1.47 bits per heavy atom. The SMILES string of the molecule is Cc1cnc(C)c(NCC2(CCl)CC2)n1. The zero-order valence-electron chi connectivity index (χ0n) is 9.18. The normalized spacial score (nSPS) is 17.5. The summed E-state index contributed by atoms with van der Waals surface area (Å²) in [5, 5.41) is 3.35. The lowest BCUT2D eigenvalue weighted by Gasteiger charge is -2.14. The number of hydrogen-bond acceptors (Lipinski definition) is 3. The molecule has 0 aromatic carbocycles. The van der Waals surface area contributed by atoms with Gasteiger partial charge in [0.1, 0.15) is 5.82 Å². The molecule has 1 saturated carbocycles. The van der Waals surface area contributed by atoms with Gasteiger partial charge < -0.3 is 5.32 Å². The molecule has 82 valence electrons. The van der Waals surface area contributed by atoms with Gasteiger partial charge in [-0.15, -0.1) is 11.6 Å². The van der Waals surface area contributed by atoms with Crippen LogP contribution in [0.1, 0.15) is 24.2 Å². The zero-order chi connectivity index (χ0) is 10.9. The van der Waals surface area contributed by atoms with Gasteiger partial charge in [-0.1, -0.05) is 0 Å². The molecule has 0 atom stereocenters. The predicted octanol–water partition coefficient (Wildman–Crippen LogP) is 2.52. The highest BCUT2D eigenvalue weighted by Gasteiger charge is 2.41. The molecule has 0 aliphatic heterocycles. The second-order valence-electron chi connectivity index (χ2n) is 4.43. The van der Waals surface area contributed by atoms with Crippen LogP contribution in [0, 0.1) is 19.3 Å². The molecule has 0 radical (unpaired) electrons. The van der Waals surface area contributed by atoms with Crippen molar-refractivity contribution in [2.75, 3.05) is 17.7 Å². The van der Waals surface area contributed by atoms with Crippen LogP contribution in [0.2, 0.25) is 0 Å². The second kappa shape index (κ2) is 3.97. The van der Waals surface area contributed by atoms with Gasteiger partial charge >= 0.3 is 0 Å². The van der Waals surface area contributed by atoms with Gasteiger partial charge in [0.05, 0.1) is 11.4 Å². The van der Waals surface area contributed by atoms with Gasteiger partial charge in [0.15, 0.2) is 0 Å². The molecule has 0 amide bonds. The van der Waals surface area contributed by atoms with E-state index in [-0.39, 0.29) is 0 Å². The molecule has 1 aliphatic carbocycles. The van der Waals surface area contributed by atoms with E-state index in [9.17, 15) is 0 Å². The van der Waals surface area contributed by atoms with Crippen molar-refractivity contribution in [1.82, 2.24) is 9.97 Å². The topological polar surface area (TPSA) is 37.8 Å².